The van der Waals surface area contributed by atoms with Gasteiger partial charge in [0, 0.05) is 33.7 Å². The maximum atomic E-state index is 3.66. The molecular formula is C13H17BrN2. The fourth-order valence-electron chi connectivity index (χ4n) is 1.81. The molecule has 2 N–H and O–H groups in total. The second kappa shape index (κ2) is 4.60. The van der Waals surface area contributed by atoms with Crippen LogP contribution in [0.25, 0.3) is 10.9 Å². The third-order valence-corrected chi connectivity index (χ3v) is 3.64. The standard InChI is InChI=1S/C13H17BrN2/c1-8(2)15-7-11-12(14)10-6-4-5-9(3)13(10)16-11/h4-6,8,15-16H,7H2,1-3H3. The maximum Gasteiger partial charge on any atom is 0.0497 e. The minimum atomic E-state index is 0.499. The third-order valence-electron chi connectivity index (χ3n) is 2.74. The summed E-state index contributed by atoms with van der Waals surface area (Å²) in [6.45, 7) is 7.31. The molecule has 0 spiro atoms. The first kappa shape index (κ1) is 11.7. The fraction of sp³-hybridized carbons (Fsp3) is 0.385. The number of aromatic nitrogens is 1. The van der Waals surface area contributed by atoms with E-state index in [1.807, 2.05) is 0 Å². The van der Waals surface area contributed by atoms with Crippen molar-refractivity contribution in [1.82, 2.24) is 10.3 Å². The zero-order chi connectivity index (χ0) is 11.7. The SMILES string of the molecule is Cc1cccc2c(Br)c(CNC(C)C)[nH]c12. The molecule has 2 aromatic rings. The first-order valence-electron chi connectivity index (χ1n) is 5.58. The number of fused-ring (bicyclic) bond motifs is 1. The second-order valence-corrected chi connectivity index (χ2v) is 5.24. The van der Waals surface area contributed by atoms with E-state index in [0.717, 1.165) is 6.54 Å². The molecule has 0 bridgehead atoms. The van der Waals surface area contributed by atoms with Crippen LogP contribution in [0.2, 0.25) is 0 Å². The minimum absolute atomic E-state index is 0.499. The average Bonchev–Trinajstić information content (AvgIpc) is 2.55. The van der Waals surface area contributed by atoms with Crippen LogP contribution in [0, 0.1) is 6.92 Å². The van der Waals surface area contributed by atoms with Gasteiger partial charge in [0.25, 0.3) is 0 Å². The van der Waals surface area contributed by atoms with Crippen molar-refractivity contribution in [2.75, 3.05) is 0 Å². The topological polar surface area (TPSA) is 27.8 Å². The van der Waals surface area contributed by atoms with Crippen molar-refractivity contribution in [3.63, 3.8) is 0 Å². The maximum absolute atomic E-state index is 3.66. The monoisotopic (exact) mass is 280 g/mol. The Morgan fingerprint density at radius 3 is 2.75 bits per heavy atom. The molecule has 1 aromatic carbocycles. The van der Waals surface area contributed by atoms with E-state index < -0.39 is 0 Å². The van der Waals surface area contributed by atoms with Crippen molar-refractivity contribution < 1.29 is 0 Å². The van der Waals surface area contributed by atoms with Crippen LogP contribution in [-0.2, 0) is 6.54 Å². The Labute approximate surface area is 105 Å². The average molecular weight is 281 g/mol. The lowest BCUT2D eigenvalue weighted by atomic mass is 10.2. The van der Waals surface area contributed by atoms with Crippen LogP contribution >= 0.6 is 15.9 Å². The number of para-hydroxylation sites is 1. The number of rotatable bonds is 3. The van der Waals surface area contributed by atoms with Crippen LogP contribution in [0.15, 0.2) is 22.7 Å². The van der Waals surface area contributed by atoms with Crippen LogP contribution in [0.1, 0.15) is 25.1 Å². The van der Waals surface area contributed by atoms with Crippen LogP contribution in [0.5, 0.6) is 0 Å². The van der Waals surface area contributed by atoms with E-state index in [2.05, 4.69) is 65.2 Å². The highest BCUT2D eigenvalue weighted by Gasteiger charge is 2.09. The molecule has 0 aliphatic carbocycles. The van der Waals surface area contributed by atoms with Crippen molar-refractivity contribution in [1.29, 1.82) is 0 Å². The van der Waals surface area contributed by atoms with Gasteiger partial charge in [-0.3, -0.25) is 0 Å². The van der Waals surface area contributed by atoms with Crippen molar-refractivity contribution >= 4 is 26.8 Å². The predicted octanol–water partition coefficient (Wildman–Crippen LogP) is 3.74. The summed E-state index contributed by atoms with van der Waals surface area (Å²) in [6.07, 6.45) is 0. The number of halogens is 1. The lowest BCUT2D eigenvalue weighted by Gasteiger charge is -2.06. The number of hydrogen-bond acceptors (Lipinski definition) is 1. The van der Waals surface area contributed by atoms with Gasteiger partial charge >= 0.3 is 0 Å². The lowest BCUT2D eigenvalue weighted by Crippen LogP contribution is -2.22. The van der Waals surface area contributed by atoms with Crippen LogP contribution in [0.4, 0.5) is 0 Å². The zero-order valence-electron chi connectivity index (χ0n) is 9.89. The largest absolute Gasteiger partial charge is 0.356 e. The van der Waals surface area contributed by atoms with Crippen LogP contribution < -0.4 is 5.32 Å². The normalized spacial score (nSPS) is 11.6. The molecule has 1 heterocycles. The van der Waals surface area contributed by atoms with Crippen molar-refractivity contribution in [2.24, 2.45) is 0 Å². The zero-order valence-corrected chi connectivity index (χ0v) is 11.5. The van der Waals surface area contributed by atoms with Gasteiger partial charge in [0.15, 0.2) is 0 Å². The van der Waals surface area contributed by atoms with E-state index >= 15 is 0 Å². The number of aromatic amines is 1. The van der Waals surface area contributed by atoms with Gasteiger partial charge in [0.2, 0.25) is 0 Å². The summed E-state index contributed by atoms with van der Waals surface area (Å²) >= 11 is 3.66. The number of aryl methyl sites for hydroxylation is 1. The molecule has 0 aliphatic rings. The molecule has 0 amide bonds. The van der Waals surface area contributed by atoms with Gasteiger partial charge in [-0.2, -0.15) is 0 Å². The molecule has 0 radical (unpaired) electrons. The highest BCUT2D eigenvalue weighted by atomic mass is 79.9. The van der Waals surface area contributed by atoms with Gasteiger partial charge in [-0.15, -0.1) is 0 Å². The first-order chi connectivity index (χ1) is 7.59. The number of H-pyrrole nitrogens is 1. The Kier molecular flexibility index (Phi) is 3.36. The Hall–Kier alpha value is -0.800. The summed E-state index contributed by atoms with van der Waals surface area (Å²) in [7, 11) is 0. The molecule has 1 aromatic heterocycles. The van der Waals surface area contributed by atoms with E-state index in [-0.39, 0.29) is 0 Å². The highest BCUT2D eigenvalue weighted by Crippen LogP contribution is 2.29. The molecule has 0 saturated heterocycles. The Bertz CT molecular complexity index is 500. The molecule has 0 aliphatic heterocycles. The quantitative estimate of drug-likeness (QED) is 0.881. The van der Waals surface area contributed by atoms with E-state index in [9.17, 15) is 0 Å². The molecule has 0 atom stereocenters. The van der Waals surface area contributed by atoms with Gasteiger partial charge in [0.05, 0.1) is 0 Å². The van der Waals surface area contributed by atoms with Gasteiger partial charge < -0.3 is 10.3 Å². The molecule has 2 nitrogen and oxygen atoms in total. The number of nitrogens with one attached hydrogen (secondary N) is 2. The van der Waals surface area contributed by atoms with E-state index in [4.69, 9.17) is 0 Å². The number of benzene rings is 1. The van der Waals surface area contributed by atoms with Crippen molar-refractivity contribution in [2.45, 2.75) is 33.4 Å². The highest BCUT2D eigenvalue weighted by molar-refractivity contribution is 9.10. The third kappa shape index (κ3) is 2.15. The minimum Gasteiger partial charge on any atom is -0.356 e. The van der Waals surface area contributed by atoms with E-state index in [1.54, 1.807) is 0 Å². The second-order valence-electron chi connectivity index (χ2n) is 4.45. The van der Waals surface area contributed by atoms with Crippen molar-refractivity contribution in [3.8, 4) is 0 Å². The first-order valence-corrected chi connectivity index (χ1v) is 6.38. The molecular weight excluding hydrogens is 264 g/mol. The van der Waals surface area contributed by atoms with Gasteiger partial charge in [-0.25, -0.2) is 0 Å². The molecule has 0 unspecified atom stereocenters. The summed E-state index contributed by atoms with van der Waals surface area (Å²) in [5.74, 6) is 0. The Morgan fingerprint density at radius 2 is 2.12 bits per heavy atom. The molecule has 16 heavy (non-hydrogen) atoms. The van der Waals surface area contributed by atoms with Crippen LogP contribution in [0.3, 0.4) is 0 Å². The number of hydrogen-bond donors (Lipinski definition) is 2. The summed E-state index contributed by atoms with van der Waals surface area (Å²) in [5, 5.41) is 4.69. The Morgan fingerprint density at radius 1 is 1.38 bits per heavy atom. The Balaban J connectivity index is 2.40. The van der Waals surface area contributed by atoms with Gasteiger partial charge in [-0.05, 0) is 28.4 Å². The van der Waals surface area contributed by atoms with Gasteiger partial charge in [0.1, 0.15) is 0 Å². The van der Waals surface area contributed by atoms with Gasteiger partial charge in [-0.1, -0.05) is 32.0 Å². The smallest absolute Gasteiger partial charge is 0.0497 e. The summed E-state index contributed by atoms with van der Waals surface area (Å²) in [6, 6.07) is 6.86. The molecule has 0 saturated carbocycles. The molecule has 2 rings (SSSR count). The summed E-state index contributed by atoms with van der Waals surface area (Å²) in [5.41, 5.74) is 3.74. The fourth-order valence-corrected chi connectivity index (χ4v) is 2.38. The predicted molar refractivity (Wildman–Crippen MR) is 72.7 cm³/mol. The van der Waals surface area contributed by atoms with Crippen molar-refractivity contribution in [3.05, 3.63) is 33.9 Å². The molecule has 86 valence electrons. The van der Waals surface area contributed by atoms with E-state index in [1.165, 1.54) is 26.6 Å². The van der Waals surface area contributed by atoms with E-state index in [0.29, 0.717) is 6.04 Å². The summed E-state index contributed by atoms with van der Waals surface area (Å²) in [4.78, 5) is 3.48. The molecule has 3 heteroatoms. The summed E-state index contributed by atoms with van der Waals surface area (Å²) < 4.78 is 1.18. The van der Waals surface area contributed by atoms with Crippen LogP contribution in [-0.4, -0.2) is 11.0 Å². The lowest BCUT2D eigenvalue weighted by molar-refractivity contribution is 0.582. The molecule has 0 fully saturated rings.